The van der Waals surface area contributed by atoms with Crippen molar-refractivity contribution in [3.05, 3.63) is 59.2 Å². The van der Waals surface area contributed by atoms with E-state index in [1.54, 1.807) is 11.8 Å². The monoisotopic (exact) mass is 440 g/mol. The Hall–Kier alpha value is -2.44. The predicted octanol–water partition coefficient (Wildman–Crippen LogP) is 6.07. The van der Waals surface area contributed by atoms with E-state index in [9.17, 15) is 0 Å². The van der Waals surface area contributed by atoms with Crippen LogP contribution in [-0.4, -0.2) is 31.7 Å². The van der Waals surface area contributed by atoms with Gasteiger partial charge in [0.25, 0.3) is 0 Å². The van der Waals surface area contributed by atoms with E-state index in [-0.39, 0.29) is 0 Å². The van der Waals surface area contributed by atoms with Gasteiger partial charge in [0, 0.05) is 46.5 Å². The highest BCUT2D eigenvalue weighted by molar-refractivity contribution is 7.99. The second-order valence-electron chi connectivity index (χ2n) is 7.00. The molecule has 5 nitrogen and oxygen atoms in total. The van der Waals surface area contributed by atoms with Crippen molar-refractivity contribution in [2.45, 2.75) is 39.0 Å². The third-order valence-corrected chi connectivity index (χ3v) is 6.47. The molecule has 0 saturated carbocycles. The Bertz CT molecular complexity index is 1170. The molecule has 2 aromatic carbocycles. The van der Waals surface area contributed by atoms with Crippen molar-refractivity contribution in [2.75, 3.05) is 12.4 Å². The van der Waals surface area contributed by atoms with E-state index in [4.69, 9.17) is 16.3 Å². The molecular formula is C23H25ClN4OS. The molecule has 4 rings (SSSR count). The Morgan fingerprint density at radius 2 is 1.90 bits per heavy atom. The van der Waals surface area contributed by atoms with Crippen LogP contribution in [0.15, 0.2) is 53.8 Å². The maximum atomic E-state index is 6.08. The fraction of sp³-hybridized carbons (Fsp3) is 0.304. The van der Waals surface area contributed by atoms with E-state index in [0.717, 1.165) is 51.7 Å². The summed E-state index contributed by atoms with van der Waals surface area (Å²) in [5.41, 5.74) is 3.37. The Balaban J connectivity index is 1.50. The number of nitrogens with zero attached hydrogens (tertiary/aromatic N) is 4. The second-order valence-corrected chi connectivity index (χ2v) is 8.47. The quantitative estimate of drug-likeness (QED) is 0.246. The zero-order valence-corrected chi connectivity index (χ0v) is 19.0. The largest absolute Gasteiger partial charge is 0.493 e. The summed E-state index contributed by atoms with van der Waals surface area (Å²) >= 11 is 7.74. The fourth-order valence-electron chi connectivity index (χ4n) is 3.57. The first-order chi connectivity index (χ1) is 14.6. The first-order valence-corrected chi connectivity index (χ1v) is 11.5. The molecule has 0 spiro atoms. The van der Waals surface area contributed by atoms with Gasteiger partial charge in [0.05, 0.1) is 6.61 Å². The van der Waals surface area contributed by atoms with Crippen LogP contribution < -0.4 is 4.74 Å². The third kappa shape index (κ3) is 4.07. The normalized spacial score (nSPS) is 11.3. The van der Waals surface area contributed by atoms with Gasteiger partial charge in [-0.25, -0.2) is 0 Å². The van der Waals surface area contributed by atoms with Crippen LogP contribution in [0.25, 0.3) is 22.3 Å². The topological polar surface area (TPSA) is 44.9 Å². The lowest BCUT2D eigenvalue weighted by molar-refractivity contribution is 0.343. The zero-order valence-electron chi connectivity index (χ0n) is 17.4. The van der Waals surface area contributed by atoms with E-state index >= 15 is 0 Å². The number of halogens is 1. The van der Waals surface area contributed by atoms with Gasteiger partial charge in [-0.1, -0.05) is 41.6 Å². The first-order valence-electron chi connectivity index (χ1n) is 10.2. The van der Waals surface area contributed by atoms with Gasteiger partial charge >= 0.3 is 0 Å². The summed E-state index contributed by atoms with van der Waals surface area (Å²) in [6.45, 7) is 8.59. The number of benzene rings is 2. The first kappa shape index (κ1) is 20.8. The van der Waals surface area contributed by atoms with Gasteiger partial charge in [-0.15, -0.1) is 10.2 Å². The molecule has 156 valence electrons. The molecule has 0 fully saturated rings. The minimum atomic E-state index is 0.590. The van der Waals surface area contributed by atoms with Crippen LogP contribution in [0.1, 0.15) is 19.4 Å². The van der Waals surface area contributed by atoms with Crippen molar-refractivity contribution in [3.8, 4) is 17.1 Å². The Morgan fingerprint density at radius 3 is 2.67 bits per heavy atom. The maximum absolute atomic E-state index is 6.08. The summed E-state index contributed by atoms with van der Waals surface area (Å²) in [5.74, 6) is 2.54. The molecule has 2 aromatic heterocycles. The summed E-state index contributed by atoms with van der Waals surface area (Å²) in [7, 11) is 0. The molecule has 0 radical (unpaired) electrons. The van der Waals surface area contributed by atoms with Crippen molar-refractivity contribution in [1.82, 2.24) is 19.3 Å². The summed E-state index contributed by atoms with van der Waals surface area (Å²) in [6.07, 6.45) is 2.18. The molecule has 30 heavy (non-hydrogen) atoms. The molecule has 2 heterocycles. The third-order valence-electron chi connectivity index (χ3n) is 5.12. The molecule has 7 heteroatoms. The number of aromatic nitrogens is 4. The van der Waals surface area contributed by atoms with Crippen molar-refractivity contribution >= 4 is 34.3 Å². The van der Waals surface area contributed by atoms with Gasteiger partial charge in [0.2, 0.25) is 0 Å². The number of thioether (sulfide) groups is 1. The molecule has 0 aliphatic heterocycles. The van der Waals surface area contributed by atoms with Crippen LogP contribution in [0.5, 0.6) is 5.75 Å². The number of aryl methyl sites for hydroxylation is 2. The number of hydrogen-bond donors (Lipinski definition) is 0. The lowest BCUT2D eigenvalue weighted by Gasteiger charge is -2.09. The van der Waals surface area contributed by atoms with Gasteiger partial charge in [-0.05, 0) is 50.6 Å². The zero-order chi connectivity index (χ0) is 21.1. The number of para-hydroxylation sites is 1. The molecule has 0 aliphatic rings. The Morgan fingerprint density at radius 1 is 1.07 bits per heavy atom. The van der Waals surface area contributed by atoms with Crippen LogP contribution in [-0.2, 0) is 13.1 Å². The molecule has 0 N–H and O–H groups in total. The van der Waals surface area contributed by atoms with E-state index in [1.807, 2.05) is 25.1 Å². The average molecular weight is 441 g/mol. The molecule has 0 bridgehead atoms. The smallest absolute Gasteiger partial charge is 0.191 e. The lowest BCUT2D eigenvalue weighted by atomic mass is 10.1. The highest BCUT2D eigenvalue weighted by Gasteiger charge is 2.17. The van der Waals surface area contributed by atoms with Gasteiger partial charge in [0.1, 0.15) is 5.75 Å². The summed E-state index contributed by atoms with van der Waals surface area (Å²) in [6, 6.07) is 14.2. The Kier molecular flexibility index (Phi) is 6.35. The molecular weight excluding hydrogens is 416 g/mol. The van der Waals surface area contributed by atoms with Crippen LogP contribution in [0.3, 0.4) is 0 Å². The molecule has 0 saturated heterocycles. The van der Waals surface area contributed by atoms with E-state index in [0.29, 0.717) is 6.61 Å². The van der Waals surface area contributed by atoms with Crippen molar-refractivity contribution < 1.29 is 4.74 Å². The molecule has 0 atom stereocenters. The average Bonchev–Trinajstić information content (AvgIpc) is 3.34. The van der Waals surface area contributed by atoms with Crippen molar-refractivity contribution in [3.63, 3.8) is 0 Å². The standard InChI is InChI=1S/C23H25ClN4OS/c1-4-27-15-19(18-8-6-7-9-21(18)27)22-25-26-23(28(22)5-2)30-13-12-29-17-10-11-20(24)16(3)14-17/h6-11,14-15H,4-5,12-13H2,1-3H3. The molecule has 0 aliphatic carbocycles. The summed E-state index contributed by atoms with van der Waals surface area (Å²) in [5, 5.41) is 11.9. The highest BCUT2D eigenvalue weighted by Crippen LogP contribution is 2.31. The van der Waals surface area contributed by atoms with E-state index < -0.39 is 0 Å². The van der Waals surface area contributed by atoms with Gasteiger partial charge in [-0.2, -0.15) is 0 Å². The van der Waals surface area contributed by atoms with Gasteiger partial charge in [0.15, 0.2) is 11.0 Å². The van der Waals surface area contributed by atoms with Crippen LogP contribution in [0.4, 0.5) is 0 Å². The lowest BCUT2D eigenvalue weighted by Crippen LogP contribution is -2.03. The fourth-order valence-corrected chi connectivity index (χ4v) is 4.50. The van der Waals surface area contributed by atoms with Crippen LogP contribution >= 0.6 is 23.4 Å². The van der Waals surface area contributed by atoms with Crippen molar-refractivity contribution in [2.24, 2.45) is 0 Å². The van der Waals surface area contributed by atoms with Gasteiger partial charge < -0.3 is 13.9 Å². The Labute approximate surface area is 186 Å². The number of ether oxygens (including phenoxy) is 1. The summed E-state index contributed by atoms with van der Waals surface area (Å²) in [4.78, 5) is 0. The van der Waals surface area contributed by atoms with Gasteiger partial charge in [-0.3, -0.25) is 0 Å². The predicted molar refractivity (Wildman–Crippen MR) is 125 cm³/mol. The second kappa shape index (κ2) is 9.14. The van der Waals surface area contributed by atoms with E-state index in [2.05, 4.69) is 63.6 Å². The SMILES string of the molecule is CCn1c(SCCOc2ccc(Cl)c(C)c2)nnc1-c1cn(CC)c2ccccc12. The van der Waals surface area contributed by atoms with Crippen LogP contribution in [0, 0.1) is 6.92 Å². The molecule has 0 unspecified atom stereocenters. The number of fused-ring (bicyclic) bond motifs is 1. The molecule has 0 amide bonds. The minimum Gasteiger partial charge on any atom is -0.493 e. The number of hydrogen-bond acceptors (Lipinski definition) is 4. The van der Waals surface area contributed by atoms with E-state index in [1.165, 1.54) is 10.9 Å². The minimum absolute atomic E-state index is 0.590. The van der Waals surface area contributed by atoms with Crippen LogP contribution in [0.2, 0.25) is 5.02 Å². The maximum Gasteiger partial charge on any atom is 0.191 e. The number of rotatable bonds is 8. The van der Waals surface area contributed by atoms with Crippen molar-refractivity contribution in [1.29, 1.82) is 0 Å². The highest BCUT2D eigenvalue weighted by atomic mass is 35.5. The molecule has 4 aromatic rings. The summed E-state index contributed by atoms with van der Waals surface area (Å²) < 4.78 is 10.3.